The molecule has 3 rings (SSSR count). The van der Waals surface area contributed by atoms with Crippen LogP contribution in [-0.4, -0.2) is 53.3 Å². The first-order valence-corrected chi connectivity index (χ1v) is 8.27. The summed E-state index contributed by atoms with van der Waals surface area (Å²) in [6.07, 6.45) is 1.54. The molecule has 1 aromatic carbocycles. The Kier molecular flexibility index (Phi) is 4.69. The number of anilines is 1. The van der Waals surface area contributed by atoms with Crippen LogP contribution < -0.4 is 10.6 Å². The molecule has 0 aromatic heterocycles. The van der Waals surface area contributed by atoms with Gasteiger partial charge in [0, 0.05) is 38.3 Å². The monoisotopic (exact) mass is 330 g/mol. The van der Waals surface area contributed by atoms with Gasteiger partial charge in [0.15, 0.2) is 0 Å². The van der Waals surface area contributed by atoms with Crippen LogP contribution in [0.2, 0.25) is 0 Å². The van der Waals surface area contributed by atoms with Gasteiger partial charge in [0.25, 0.3) is 5.91 Å². The van der Waals surface area contributed by atoms with Crippen LogP contribution in [0.1, 0.15) is 25.3 Å². The van der Waals surface area contributed by atoms with E-state index in [4.69, 9.17) is 0 Å². The first-order valence-electron chi connectivity index (χ1n) is 8.27. The molecule has 1 atom stereocenters. The van der Waals surface area contributed by atoms with Crippen molar-refractivity contribution < 1.29 is 14.4 Å². The standard InChI is InChI=1S/C17H22N4O3/c1-12(16(23)21-9-7-18-17(21)24)19-14-5-2-4-13(10-14)11-20-8-3-6-15(20)22/h2,4-5,10,12,19H,3,6-9,11H2,1H3,(H,18,24)/t12-/m0/s1. The van der Waals surface area contributed by atoms with Gasteiger partial charge in [-0.25, -0.2) is 4.79 Å². The third-order valence-corrected chi connectivity index (χ3v) is 4.35. The Bertz CT molecular complexity index is 661. The summed E-state index contributed by atoms with van der Waals surface area (Å²) >= 11 is 0. The minimum Gasteiger partial charge on any atom is -0.374 e. The molecule has 0 saturated carbocycles. The average Bonchev–Trinajstić information content (AvgIpc) is 3.16. The van der Waals surface area contributed by atoms with Crippen molar-refractivity contribution >= 4 is 23.5 Å². The SMILES string of the molecule is C[C@H](Nc1cccc(CN2CCCC2=O)c1)C(=O)N1CCNC1=O. The molecule has 0 unspecified atom stereocenters. The number of hydrogen-bond acceptors (Lipinski definition) is 4. The first-order chi connectivity index (χ1) is 11.5. The Morgan fingerprint density at radius 2 is 2.17 bits per heavy atom. The van der Waals surface area contributed by atoms with Crippen molar-refractivity contribution in [2.45, 2.75) is 32.4 Å². The maximum Gasteiger partial charge on any atom is 0.324 e. The molecule has 2 N–H and O–H groups in total. The van der Waals surface area contributed by atoms with Crippen molar-refractivity contribution in [3.8, 4) is 0 Å². The van der Waals surface area contributed by atoms with Crippen molar-refractivity contribution in [1.82, 2.24) is 15.1 Å². The number of imide groups is 1. The van der Waals surface area contributed by atoms with Crippen LogP contribution in [0.25, 0.3) is 0 Å². The lowest BCUT2D eigenvalue weighted by molar-refractivity contribution is -0.128. The van der Waals surface area contributed by atoms with Crippen molar-refractivity contribution in [3.05, 3.63) is 29.8 Å². The summed E-state index contributed by atoms with van der Waals surface area (Å²) < 4.78 is 0. The lowest BCUT2D eigenvalue weighted by Gasteiger charge is -2.21. The quantitative estimate of drug-likeness (QED) is 0.849. The van der Waals surface area contributed by atoms with E-state index in [-0.39, 0.29) is 17.8 Å². The second-order valence-corrected chi connectivity index (χ2v) is 6.21. The zero-order valence-electron chi connectivity index (χ0n) is 13.7. The van der Waals surface area contributed by atoms with E-state index in [2.05, 4.69) is 10.6 Å². The highest BCUT2D eigenvalue weighted by atomic mass is 16.2. The van der Waals surface area contributed by atoms with Gasteiger partial charge in [-0.2, -0.15) is 0 Å². The summed E-state index contributed by atoms with van der Waals surface area (Å²) in [5.74, 6) is -0.0536. The molecule has 0 bridgehead atoms. The van der Waals surface area contributed by atoms with E-state index in [0.29, 0.717) is 26.1 Å². The molecule has 2 saturated heterocycles. The normalized spacial score (nSPS) is 18.7. The van der Waals surface area contributed by atoms with Crippen molar-refractivity contribution in [1.29, 1.82) is 0 Å². The summed E-state index contributed by atoms with van der Waals surface area (Å²) in [6.45, 7) is 4.03. The van der Waals surface area contributed by atoms with E-state index in [9.17, 15) is 14.4 Å². The number of nitrogens with zero attached hydrogens (tertiary/aromatic N) is 2. The van der Waals surface area contributed by atoms with Crippen molar-refractivity contribution in [2.24, 2.45) is 0 Å². The number of carbonyl (C=O) groups is 3. The summed E-state index contributed by atoms with van der Waals surface area (Å²) in [7, 11) is 0. The van der Waals surface area contributed by atoms with Crippen LogP contribution in [0.3, 0.4) is 0 Å². The molecule has 1 aromatic rings. The average molecular weight is 330 g/mol. The summed E-state index contributed by atoms with van der Waals surface area (Å²) in [4.78, 5) is 38.7. The molecular weight excluding hydrogens is 308 g/mol. The number of hydrogen-bond donors (Lipinski definition) is 2. The Labute approximate surface area is 141 Å². The number of nitrogens with one attached hydrogen (secondary N) is 2. The van der Waals surface area contributed by atoms with E-state index in [1.165, 1.54) is 4.90 Å². The summed E-state index contributed by atoms with van der Waals surface area (Å²) in [5.41, 5.74) is 1.83. The molecule has 2 aliphatic rings. The fraction of sp³-hybridized carbons (Fsp3) is 0.471. The van der Waals surface area contributed by atoms with E-state index < -0.39 is 6.04 Å². The van der Waals surface area contributed by atoms with Crippen LogP contribution in [0.15, 0.2) is 24.3 Å². The zero-order chi connectivity index (χ0) is 17.1. The lowest BCUT2D eigenvalue weighted by Crippen LogP contribution is -2.43. The van der Waals surface area contributed by atoms with Crippen molar-refractivity contribution in [3.63, 3.8) is 0 Å². The molecule has 0 aliphatic carbocycles. The van der Waals surface area contributed by atoms with Crippen LogP contribution >= 0.6 is 0 Å². The summed E-state index contributed by atoms with van der Waals surface area (Å²) in [5, 5.41) is 5.76. The number of likely N-dealkylation sites (tertiary alicyclic amines) is 1. The smallest absolute Gasteiger partial charge is 0.324 e. The third-order valence-electron chi connectivity index (χ3n) is 4.35. The van der Waals surface area contributed by atoms with Crippen LogP contribution in [-0.2, 0) is 16.1 Å². The van der Waals surface area contributed by atoms with E-state index >= 15 is 0 Å². The lowest BCUT2D eigenvalue weighted by atomic mass is 10.1. The molecular formula is C17H22N4O3. The molecule has 2 aliphatic heterocycles. The highest BCUT2D eigenvalue weighted by molar-refractivity contribution is 5.99. The minimum atomic E-state index is -0.502. The number of carbonyl (C=O) groups excluding carboxylic acids is 3. The molecule has 2 fully saturated rings. The second kappa shape index (κ2) is 6.90. The van der Waals surface area contributed by atoms with Gasteiger partial charge >= 0.3 is 6.03 Å². The molecule has 24 heavy (non-hydrogen) atoms. The Morgan fingerprint density at radius 3 is 2.83 bits per heavy atom. The molecule has 128 valence electrons. The second-order valence-electron chi connectivity index (χ2n) is 6.21. The Morgan fingerprint density at radius 1 is 1.33 bits per heavy atom. The van der Waals surface area contributed by atoms with Gasteiger partial charge < -0.3 is 15.5 Å². The van der Waals surface area contributed by atoms with E-state index in [1.54, 1.807) is 6.92 Å². The fourth-order valence-electron chi connectivity index (χ4n) is 3.08. The van der Waals surface area contributed by atoms with Crippen LogP contribution in [0.5, 0.6) is 0 Å². The molecule has 4 amide bonds. The molecule has 7 nitrogen and oxygen atoms in total. The largest absolute Gasteiger partial charge is 0.374 e. The van der Waals surface area contributed by atoms with Gasteiger partial charge in [-0.1, -0.05) is 12.1 Å². The van der Waals surface area contributed by atoms with E-state index in [1.807, 2.05) is 29.2 Å². The number of benzene rings is 1. The van der Waals surface area contributed by atoms with Crippen molar-refractivity contribution in [2.75, 3.05) is 25.0 Å². The Hall–Kier alpha value is -2.57. The van der Waals surface area contributed by atoms with Crippen LogP contribution in [0, 0.1) is 0 Å². The predicted octanol–water partition coefficient (Wildman–Crippen LogP) is 1.16. The highest BCUT2D eigenvalue weighted by Gasteiger charge is 2.29. The maximum absolute atomic E-state index is 12.3. The molecule has 2 heterocycles. The zero-order valence-corrected chi connectivity index (χ0v) is 13.7. The van der Waals surface area contributed by atoms with Gasteiger partial charge in [-0.05, 0) is 31.0 Å². The van der Waals surface area contributed by atoms with E-state index in [0.717, 1.165) is 24.2 Å². The Balaban J connectivity index is 1.62. The number of rotatable bonds is 5. The van der Waals surface area contributed by atoms with Gasteiger partial charge in [-0.3, -0.25) is 14.5 Å². The summed E-state index contributed by atoms with van der Waals surface area (Å²) in [6, 6.07) is 6.85. The molecule has 7 heteroatoms. The fourth-order valence-corrected chi connectivity index (χ4v) is 3.08. The molecule has 0 radical (unpaired) electrons. The highest BCUT2D eigenvalue weighted by Crippen LogP contribution is 2.18. The van der Waals surface area contributed by atoms with Gasteiger partial charge in [0.05, 0.1) is 0 Å². The topological polar surface area (TPSA) is 81.8 Å². The van der Waals surface area contributed by atoms with Crippen LogP contribution in [0.4, 0.5) is 10.5 Å². The van der Waals surface area contributed by atoms with Gasteiger partial charge in [-0.15, -0.1) is 0 Å². The van der Waals surface area contributed by atoms with Gasteiger partial charge in [0.2, 0.25) is 5.91 Å². The number of amides is 4. The third kappa shape index (κ3) is 3.50. The first kappa shape index (κ1) is 16.3. The minimum absolute atomic E-state index is 0.192. The molecule has 0 spiro atoms. The predicted molar refractivity (Wildman–Crippen MR) is 89.3 cm³/mol. The maximum atomic E-state index is 12.3. The number of urea groups is 1. The van der Waals surface area contributed by atoms with Gasteiger partial charge in [0.1, 0.15) is 6.04 Å².